The van der Waals surface area contributed by atoms with Crippen LogP contribution in [0.15, 0.2) is 0 Å². The highest BCUT2D eigenvalue weighted by Gasteiger charge is 2.22. The molecule has 0 aliphatic heterocycles. The molecule has 0 radical (unpaired) electrons. The number of ether oxygens (including phenoxy) is 1. The molecule has 0 saturated heterocycles. The Kier molecular flexibility index (Phi) is 5.27. The van der Waals surface area contributed by atoms with E-state index in [-0.39, 0.29) is 24.1 Å². The average molecular weight is 270 g/mol. The summed E-state index contributed by atoms with van der Waals surface area (Å²) in [7, 11) is 0. The summed E-state index contributed by atoms with van der Waals surface area (Å²) >= 11 is 1.19. The van der Waals surface area contributed by atoms with Crippen LogP contribution in [0.1, 0.15) is 54.3 Å². The number of esters is 1. The van der Waals surface area contributed by atoms with Gasteiger partial charge in [-0.05, 0) is 20.3 Å². The minimum Gasteiger partial charge on any atom is -0.461 e. The Morgan fingerprint density at radius 3 is 2.61 bits per heavy atom. The van der Waals surface area contributed by atoms with Crippen molar-refractivity contribution in [1.29, 1.82) is 0 Å². The van der Waals surface area contributed by atoms with Crippen LogP contribution < -0.4 is 5.32 Å². The lowest BCUT2D eigenvalue weighted by molar-refractivity contribution is 0.0517. The normalized spacial score (nSPS) is 12.0. The number of thiazole rings is 1. The summed E-state index contributed by atoms with van der Waals surface area (Å²) in [5.41, 5.74) is 0.111. The number of nitrogens with zero attached hydrogens (tertiary/aromatic N) is 1. The lowest BCUT2D eigenvalue weighted by Gasteiger charge is -2.08. The van der Waals surface area contributed by atoms with Gasteiger partial charge in [-0.3, -0.25) is 4.79 Å². The summed E-state index contributed by atoms with van der Waals surface area (Å²) in [4.78, 5) is 27.7. The van der Waals surface area contributed by atoms with Gasteiger partial charge in [0.2, 0.25) is 0 Å². The van der Waals surface area contributed by atoms with Crippen LogP contribution >= 0.6 is 11.3 Å². The molecule has 0 bridgehead atoms. The number of hydrogen-bond donors (Lipinski definition) is 1. The van der Waals surface area contributed by atoms with Crippen LogP contribution in [-0.4, -0.2) is 29.4 Å². The van der Waals surface area contributed by atoms with E-state index >= 15 is 0 Å². The topological polar surface area (TPSA) is 68.3 Å². The number of nitrogens with one attached hydrogen (secondary N) is 1. The number of rotatable bonds is 6. The Balaban J connectivity index is 3.01. The third kappa shape index (κ3) is 3.53. The molecule has 1 aromatic rings. The van der Waals surface area contributed by atoms with Gasteiger partial charge in [-0.25, -0.2) is 9.78 Å². The summed E-state index contributed by atoms with van der Waals surface area (Å²) < 4.78 is 4.89. The standard InChI is InChI=1S/C12H18N2O3S/c1-5-7(3)13-12-14-9(11(16)17-6-2)10(18-12)8(4)15/h7H,5-6H2,1-4H3,(H,13,14). The molecule has 5 nitrogen and oxygen atoms in total. The first-order valence-electron chi connectivity index (χ1n) is 5.94. The van der Waals surface area contributed by atoms with Gasteiger partial charge in [-0.1, -0.05) is 18.3 Å². The zero-order valence-electron chi connectivity index (χ0n) is 11.1. The average Bonchev–Trinajstić information content (AvgIpc) is 2.73. The van der Waals surface area contributed by atoms with Crippen LogP contribution in [0.5, 0.6) is 0 Å². The van der Waals surface area contributed by atoms with Gasteiger partial charge in [0.25, 0.3) is 0 Å². The van der Waals surface area contributed by atoms with Crippen molar-refractivity contribution in [1.82, 2.24) is 4.98 Å². The summed E-state index contributed by atoms with van der Waals surface area (Å²) in [5.74, 6) is -0.719. The molecule has 1 unspecified atom stereocenters. The lowest BCUT2D eigenvalue weighted by atomic mass is 10.3. The number of Topliss-reactive ketones (excluding diaryl/α,β-unsaturated/α-hetero) is 1. The first-order valence-corrected chi connectivity index (χ1v) is 6.76. The molecule has 100 valence electrons. The van der Waals surface area contributed by atoms with Gasteiger partial charge >= 0.3 is 5.97 Å². The van der Waals surface area contributed by atoms with E-state index in [1.54, 1.807) is 6.92 Å². The van der Waals surface area contributed by atoms with Crippen molar-refractivity contribution < 1.29 is 14.3 Å². The highest BCUT2D eigenvalue weighted by Crippen LogP contribution is 2.25. The van der Waals surface area contributed by atoms with E-state index in [4.69, 9.17) is 4.74 Å². The van der Waals surface area contributed by atoms with Crippen LogP contribution in [0.25, 0.3) is 0 Å². The van der Waals surface area contributed by atoms with Crippen molar-refractivity contribution in [2.24, 2.45) is 0 Å². The minimum atomic E-state index is -0.545. The summed E-state index contributed by atoms with van der Waals surface area (Å²) in [6.07, 6.45) is 0.934. The van der Waals surface area contributed by atoms with Crippen molar-refractivity contribution in [3.05, 3.63) is 10.6 Å². The predicted molar refractivity (Wildman–Crippen MR) is 71.5 cm³/mol. The van der Waals surface area contributed by atoms with Crippen LogP contribution in [0.4, 0.5) is 5.13 Å². The van der Waals surface area contributed by atoms with E-state index in [2.05, 4.69) is 10.3 Å². The molecule has 0 saturated carbocycles. The maximum atomic E-state index is 11.7. The highest BCUT2D eigenvalue weighted by molar-refractivity contribution is 7.17. The fourth-order valence-electron chi connectivity index (χ4n) is 1.27. The second-order valence-electron chi connectivity index (χ2n) is 3.93. The van der Waals surface area contributed by atoms with Crippen molar-refractivity contribution in [3.63, 3.8) is 0 Å². The maximum absolute atomic E-state index is 11.7. The SMILES string of the molecule is CCOC(=O)c1nc(NC(C)CC)sc1C(C)=O. The smallest absolute Gasteiger partial charge is 0.358 e. The van der Waals surface area contributed by atoms with Crippen molar-refractivity contribution in [2.75, 3.05) is 11.9 Å². The molecule has 0 aliphatic carbocycles. The summed E-state index contributed by atoms with van der Waals surface area (Å²) in [5, 5.41) is 3.73. The Labute approximate surface area is 111 Å². The zero-order chi connectivity index (χ0) is 13.7. The van der Waals surface area contributed by atoms with E-state index in [9.17, 15) is 9.59 Å². The summed E-state index contributed by atoms with van der Waals surface area (Å²) in [6, 6.07) is 0.242. The van der Waals surface area contributed by atoms with Gasteiger partial charge in [-0.2, -0.15) is 0 Å². The molecule has 1 rings (SSSR count). The largest absolute Gasteiger partial charge is 0.461 e. The first-order chi connectivity index (χ1) is 8.49. The molecular weight excluding hydrogens is 252 g/mol. The lowest BCUT2D eigenvalue weighted by Crippen LogP contribution is -2.13. The molecule has 0 aliphatic rings. The van der Waals surface area contributed by atoms with Crippen LogP contribution in [-0.2, 0) is 4.74 Å². The van der Waals surface area contributed by atoms with Gasteiger partial charge in [0.05, 0.1) is 6.61 Å². The number of carbonyl (C=O) groups is 2. The number of hydrogen-bond acceptors (Lipinski definition) is 6. The number of carbonyl (C=O) groups excluding carboxylic acids is 2. The Hall–Kier alpha value is -1.43. The van der Waals surface area contributed by atoms with Gasteiger partial charge < -0.3 is 10.1 Å². The van der Waals surface area contributed by atoms with Gasteiger partial charge in [0, 0.05) is 13.0 Å². The van der Waals surface area contributed by atoms with E-state index in [1.165, 1.54) is 18.3 Å². The third-order valence-corrected chi connectivity index (χ3v) is 3.49. The Morgan fingerprint density at radius 1 is 1.44 bits per heavy atom. The molecule has 0 spiro atoms. The molecule has 6 heteroatoms. The molecule has 0 amide bonds. The monoisotopic (exact) mass is 270 g/mol. The quantitative estimate of drug-likeness (QED) is 0.636. The van der Waals surface area contributed by atoms with Gasteiger partial charge in [0.15, 0.2) is 16.6 Å². The first kappa shape index (κ1) is 14.6. The number of ketones is 1. The van der Waals surface area contributed by atoms with Crippen LogP contribution in [0, 0.1) is 0 Å². The van der Waals surface area contributed by atoms with Crippen molar-refractivity contribution in [3.8, 4) is 0 Å². The second kappa shape index (κ2) is 6.49. The van der Waals surface area contributed by atoms with E-state index in [1.807, 2.05) is 13.8 Å². The predicted octanol–water partition coefficient (Wildman–Crippen LogP) is 2.73. The highest BCUT2D eigenvalue weighted by atomic mass is 32.1. The fraction of sp³-hybridized carbons (Fsp3) is 0.583. The van der Waals surface area contributed by atoms with Crippen LogP contribution in [0.3, 0.4) is 0 Å². The zero-order valence-corrected chi connectivity index (χ0v) is 11.9. The van der Waals surface area contributed by atoms with Crippen molar-refractivity contribution >= 4 is 28.2 Å². The maximum Gasteiger partial charge on any atom is 0.358 e. The molecular formula is C12H18N2O3S. The number of anilines is 1. The molecule has 0 aromatic carbocycles. The summed E-state index contributed by atoms with van der Waals surface area (Å²) in [6.45, 7) is 7.46. The Bertz CT molecular complexity index is 443. The fourth-order valence-corrected chi connectivity index (χ4v) is 2.23. The van der Waals surface area contributed by atoms with Gasteiger partial charge in [0.1, 0.15) is 4.88 Å². The van der Waals surface area contributed by atoms with E-state index in [0.29, 0.717) is 10.0 Å². The van der Waals surface area contributed by atoms with Crippen molar-refractivity contribution in [2.45, 2.75) is 40.2 Å². The molecule has 1 atom stereocenters. The molecule has 1 N–H and O–H groups in total. The van der Waals surface area contributed by atoms with E-state index in [0.717, 1.165) is 6.42 Å². The molecule has 1 heterocycles. The molecule has 1 aromatic heterocycles. The van der Waals surface area contributed by atoms with Gasteiger partial charge in [-0.15, -0.1) is 0 Å². The third-order valence-electron chi connectivity index (χ3n) is 2.40. The minimum absolute atomic E-state index is 0.111. The molecule has 18 heavy (non-hydrogen) atoms. The second-order valence-corrected chi connectivity index (χ2v) is 4.93. The Morgan fingerprint density at radius 2 is 2.11 bits per heavy atom. The number of aromatic nitrogens is 1. The van der Waals surface area contributed by atoms with E-state index < -0.39 is 5.97 Å². The molecule has 0 fully saturated rings. The van der Waals surface area contributed by atoms with Crippen LogP contribution in [0.2, 0.25) is 0 Å².